The van der Waals surface area contributed by atoms with Crippen molar-refractivity contribution in [2.75, 3.05) is 0 Å². The molecule has 0 saturated heterocycles. The van der Waals surface area contributed by atoms with Crippen molar-refractivity contribution < 1.29 is 4.57 Å². The summed E-state index contributed by atoms with van der Waals surface area (Å²) in [5.74, 6) is 0. The van der Waals surface area contributed by atoms with Gasteiger partial charge in [-0.3, -0.25) is 0 Å². The van der Waals surface area contributed by atoms with Crippen LogP contribution in [0.1, 0.15) is 52.7 Å². The molecule has 0 N–H and O–H groups in total. The van der Waals surface area contributed by atoms with E-state index in [1.54, 1.807) is 0 Å². The van der Waals surface area contributed by atoms with E-state index in [9.17, 15) is 4.57 Å². The molecule has 0 saturated carbocycles. The third-order valence-corrected chi connectivity index (χ3v) is 11.3. The van der Waals surface area contributed by atoms with Crippen LogP contribution in [0.15, 0.2) is 121 Å². The summed E-state index contributed by atoms with van der Waals surface area (Å²) in [6.07, 6.45) is 0. The predicted molar refractivity (Wildman–Crippen MR) is 178 cm³/mol. The van der Waals surface area contributed by atoms with E-state index in [1.165, 1.54) is 32.9 Å². The van der Waals surface area contributed by atoms with Gasteiger partial charge >= 0.3 is 0 Å². The molecule has 0 spiro atoms. The Hall–Kier alpha value is -3.87. The molecule has 2 nitrogen and oxygen atoms in total. The summed E-state index contributed by atoms with van der Waals surface area (Å²) in [6, 6.07) is 41.9. The number of benzene rings is 5. The van der Waals surface area contributed by atoms with Crippen LogP contribution in [0.25, 0.3) is 27.5 Å². The van der Waals surface area contributed by atoms with Gasteiger partial charge in [-0.1, -0.05) is 114 Å². The second-order valence-corrected chi connectivity index (χ2v) is 15.9. The zero-order chi connectivity index (χ0) is 29.0. The van der Waals surface area contributed by atoms with Crippen LogP contribution in [0.5, 0.6) is 0 Å². The Bertz CT molecular complexity index is 1790. The fourth-order valence-corrected chi connectivity index (χ4v) is 8.42. The normalized spacial score (nSPS) is 12.7. The molecule has 0 amide bonds. The zero-order valence-corrected chi connectivity index (χ0v) is 25.7. The molecule has 0 unspecified atom stereocenters. The number of rotatable bonds is 4. The third kappa shape index (κ3) is 4.75. The SMILES string of the molecule is CC(C)(C)c1ccc2c(c1)c1cc(C(C)(C)C)ccc1n2-c1ccc(P(=O)(c2ccccc2)c2ccccc2)cc1. The van der Waals surface area contributed by atoms with E-state index < -0.39 is 7.14 Å². The minimum Gasteiger partial charge on any atom is -0.309 e. The molecule has 206 valence electrons. The Kier molecular flexibility index (Phi) is 6.59. The van der Waals surface area contributed by atoms with Gasteiger partial charge in [0.05, 0.1) is 11.0 Å². The monoisotopic (exact) mass is 555 g/mol. The molecule has 0 fully saturated rings. The molecule has 0 aliphatic heterocycles. The largest absolute Gasteiger partial charge is 0.309 e. The lowest BCUT2D eigenvalue weighted by Gasteiger charge is -2.21. The third-order valence-electron chi connectivity index (χ3n) is 8.21. The summed E-state index contributed by atoms with van der Waals surface area (Å²) in [5, 5.41) is 5.06. The molecule has 0 aliphatic carbocycles. The highest BCUT2D eigenvalue weighted by molar-refractivity contribution is 7.85. The first-order chi connectivity index (χ1) is 19.5. The Labute approximate surface area is 244 Å². The standard InChI is InChI=1S/C38H38NOP/c1-37(2,3)27-17-23-35-33(25-27)34-26-28(38(4,5)6)18-24-36(34)39(35)29-19-21-32(22-20-29)41(40,30-13-9-7-10-14-30)31-15-11-8-12-16-31/h7-26H,1-6H3. The van der Waals surface area contributed by atoms with Crippen molar-refractivity contribution in [3.63, 3.8) is 0 Å². The molecule has 6 aromatic rings. The molecule has 41 heavy (non-hydrogen) atoms. The van der Waals surface area contributed by atoms with E-state index in [1.807, 2.05) is 60.7 Å². The molecule has 3 heteroatoms. The molecular weight excluding hydrogens is 517 g/mol. The van der Waals surface area contributed by atoms with Crippen molar-refractivity contribution in [1.82, 2.24) is 4.57 Å². The van der Waals surface area contributed by atoms with Gasteiger partial charge < -0.3 is 9.13 Å². The topological polar surface area (TPSA) is 22.0 Å². The van der Waals surface area contributed by atoms with Gasteiger partial charge in [-0.05, 0) is 70.5 Å². The van der Waals surface area contributed by atoms with Crippen LogP contribution >= 0.6 is 7.14 Å². The molecule has 5 aromatic carbocycles. The summed E-state index contributed by atoms with van der Waals surface area (Å²) in [7, 11) is -3.03. The van der Waals surface area contributed by atoms with Crippen LogP contribution in [0.4, 0.5) is 0 Å². The Morgan fingerprint density at radius 1 is 0.488 bits per heavy atom. The lowest BCUT2D eigenvalue weighted by atomic mass is 9.85. The van der Waals surface area contributed by atoms with Gasteiger partial charge in [0.1, 0.15) is 0 Å². The summed E-state index contributed by atoms with van der Waals surface area (Å²) < 4.78 is 17.2. The second-order valence-electron chi connectivity index (χ2n) is 13.1. The summed E-state index contributed by atoms with van der Waals surface area (Å²) in [4.78, 5) is 0. The fourth-order valence-electron chi connectivity index (χ4n) is 5.77. The highest BCUT2D eigenvalue weighted by Gasteiger charge is 2.29. The van der Waals surface area contributed by atoms with Gasteiger partial charge in [0, 0.05) is 32.4 Å². The van der Waals surface area contributed by atoms with E-state index in [-0.39, 0.29) is 10.8 Å². The van der Waals surface area contributed by atoms with Crippen molar-refractivity contribution in [3.8, 4) is 5.69 Å². The van der Waals surface area contributed by atoms with E-state index in [4.69, 9.17) is 0 Å². The van der Waals surface area contributed by atoms with Gasteiger partial charge in [0.25, 0.3) is 0 Å². The van der Waals surface area contributed by atoms with Crippen LogP contribution in [-0.4, -0.2) is 4.57 Å². The Morgan fingerprint density at radius 2 is 0.878 bits per heavy atom. The average molecular weight is 556 g/mol. The molecule has 1 aromatic heterocycles. The van der Waals surface area contributed by atoms with Gasteiger partial charge in [-0.25, -0.2) is 0 Å². The van der Waals surface area contributed by atoms with Crippen LogP contribution in [0, 0.1) is 0 Å². The molecule has 6 rings (SSSR count). The fraction of sp³-hybridized carbons (Fsp3) is 0.211. The van der Waals surface area contributed by atoms with Crippen molar-refractivity contribution in [3.05, 3.63) is 132 Å². The smallest absolute Gasteiger partial charge is 0.171 e. The van der Waals surface area contributed by atoms with Crippen LogP contribution < -0.4 is 15.9 Å². The van der Waals surface area contributed by atoms with Crippen LogP contribution in [-0.2, 0) is 15.4 Å². The van der Waals surface area contributed by atoms with Crippen LogP contribution in [0.2, 0.25) is 0 Å². The molecule has 0 aliphatic rings. The van der Waals surface area contributed by atoms with Crippen LogP contribution in [0.3, 0.4) is 0 Å². The first-order valence-corrected chi connectivity index (χ1v) is 16.1. The van der Waals surface area contributed by atoms with Gasteiger partial charge in [0.2, 0.25) is 0 Å². The second kappa shape index (κ2) is 9.89. The highest BCUT2D eigenvalue weighted by atomic mass is 31.2. The van der Waals surface area contributed by atoms with Crippen molar-refractivity contribution in [2.45, 2.75) is 52.4 Å². The zero-order valence-electron chi connectivity index (χ0n) is 24.8. The van der Waals surface area contributed by atoms with Crippen molar-refractivity contribution in [1.29, 1.82) is 0 Å². The highest BCUT2D eigenvalue weighted by Crippen LogP contribution is 2.43. The van der Waals surface area contributed by atoms with E-state index >= 15 is 0 Å². The summed E-state index contributed by atoms with van der Waals surface area (Å²) in [6.45, 7) is 13.6. The van der Waals surface area contributed by atoms with Crippen molar-refractivity contribution >= 4 is 44.9 Å². The lowest BCUT2D eigenvalue weighted by Crippen LogP contribution is -2.24. The van der Waals surface area contributed by atoms with E-state index in [0.29, 0.717) is 0 Å². The maximum absolute atomic E-state index is 14.9. The number of hydrogen-bond acceptors (Lipinski definition) is 1. The molecule has 1 heterocycles. The van der Waals surface area contributed by atoms with E-state index in [2.05, 4.69) is 107 Å². The van der Waals surface area contributed by atoms with Gasteiger partial charge in [0.15, 0.2) is 7.14 Å². The summed E-state index contributed by atoms with van der Waals surface area (Å²) >= 11 is 0. The number of aromatic nitrogens is 1. The molecule has 0 bridgehead atoms. The molecule has 0 radical (unpaired) electrons. The average Bonchev–Trinajstić information content (AvgIpc) is 3.30. The first kappa shape index (κ1) is 27.3. The van der Waals surface area contributed by atoms with E-state index in [0.717, 1.165) is 21.6 Å². The molecular formula is C38H38NOP. The lowest BCUT2D eigenvalue weighted by molar-refractivity contribution is 0.590. The minimum absolute atomic E-state index is 0.0575. The maximum Gasteiger partial charge on any atom is 0.171 e. The Balaban J connectivity index is 1.56. The quantitative estimate of drug-likeness (QED) is 0.199. The predicted octanol–water partition coefficient (Wildman–Crippen LogP) is 9.02. The first-order valence-electron chi connectivity index (χ1n) is 14.4. The number of nitrogens with zero attached hydrogens (tertiary/aromatic N) is 1. The van der Waals surface area contributed by atoms with Gasteiger partial charge in [-0.15, -0.1) is 0 Å². The van der Waals surface area contributed by atoms with Gasteiger partial charge in [-0.2, -0.15) is 0 Å². The number of hydrogen-bond donors (Lipinski definition) is 0. The Morgan fingerprint density at radius 3 is 1.27 bits per heavy atom. The van der Waals surface area contributed by atoms with Crippen molar-refractivity contribution in [2.24, 2.45) is 0 Å². The maximum atomic E-state index is 14.9. The molecule has 0 atom stereocenters. The minimum atomic E-state index is -3.03. The summed E-state index contributed by atoms with van der Waals surface area (Å²) in [5.41, 5.74) is 6.19. The number of fused-ring (bicyclic) bond motifs is 3.